The Balaban J connectivity index is 0.000000410. The van der Waals surface area contributed by atoms with E-state index in [1.54, 1.807) is 19.1 Å². The average Bonchev–Trinajstić information content (AvgIpc) is 3.04. The Labute approximate surface area is 205 Å². The van der Waals surface area contributed by atoms with Crippen molar-refractivity contribution >= 4 is 23.7 Å². The van der Waals surface area contributed by atoms with Gasteiger partial charge in [0.25, 0.3) is 11.8 Å². The average molecular weight is 485 g/mol. The Morgan fingerprint density at radius 2 is 1.63 bits per heavy atom. The fourth-order valence-electron chi connectivity index (χ4n) is 3.11. The lowest BCUT2D eigenvalue weighted by Crippen LogP contribution is -2.37. The van der Waals surface area contributed by atoms with Crippen molar-refractivity contribution in [1.82, 2.24) is 4.90 Å². The van der Waals surface area contributed by atoms with Gasteiger partial charge in [-0.2, -0.15) is 0 Å². The number of amides is 3. The SMILES string of the molecule is CCC(=O)OC(C)(C)C.NC(=O)CN1C(=O)c2cccc(OCCOCc3ccccc3)c2C1=O. The van der Waals surface area contributed by atoms with Gasteiger partial charge in [-0.25, -0.2) is 0 Å². The lowest BCUT2D eigenvalue weighted by Gasteiger charge is -2.18. The number of hydrogen-bond acceptors (Lipinski definition) is 7. The van der Waals surface area contributed by atoms with Crippen molar-refractivity contribution in [2.45, 2.75) is 46.3 Å². The summed E-state index contributed by atoms with van der Waals surface area (Å²) in [6.07, 6.45) is 0.456. The largest absolute Gasteiger partial charge is 0.490 e. The molecule has 0 aliphatic carbocycles. The van der Waals surface area contributed by atoms with Crippen LogP contribution in [-0.4, -0.2) is 54.0 Å². The number of esters is 1. The first-order chi connectivity index (χ1) is 16.5. The van der Waals surface area contributed by atoms with Gasteiger partial charge in [0, 0.05) is 6.42 Å². The molecule has 0 aromatic heterocycles. The number of nitrogens with zero attached hydrogens (tertiary/aromatic N) is 1. The second kappa shape index (κ2) is 12.7. The molecule has 3 rings (SSSR count). The van der Waals surface area contributed by atoms with E-state index in [1.165, 1.54) is 6.07 Å². The molecule has 188 valence electrons. The van der Waals surface area contributed by atoms with Crippen LogP contribution in [-0.2, 0) is 25.7 Å². The molecule has 0 fully saturated rings. The van der Waals surface area contributed by atoms with E-state index >= 15 is 0 Å². The smallest absolute Gasteiger partial charge is 0.306 e. The third kappa shape index (κ3) is 8.53. The van der Waals surface area contributed by atoms with E-state index in [4.69, 9.17) is 19.9 Å². The molecule has 2 N–H and O–H groups in total. The summed E-state index contributed by atoms with van der Waals surface area (Å²) < 4.78 is 16.1. The summed E-state index contributed by atoms with van der Waals surface area (Å²) >= 11 is 0. The summed E-state index contributed by atoms with van der Waals surface area (Å²) in [5, 5.41) is 0. The maximum Gasteiger partial charge on any atom is 0.306 e. The molecular weight excluding hydrogens is 452 g/mol. The Kier molecular flexibility index (Phi) is 9.96. The van der Waals surface area contributed by atoms with Gasteiger partial charge in [-0.1, -0.05) is 43.3 Å². The normalized spacial score (nSPS) is 12.5. The minimum atomic E-state index is -0.753. The molecule has 1 heterocycles. The summed E-state index contributed by atoms with van der Waals surface area (Å²) in [7, 11) is 0. The van der Waals surface area contributed by atoms with Crippen molar-refractivity contribution in [3.8, 4) is 5.75 Å². The number of fused-ring (bicyclic) bond motifs is 1. The molecule has 0 unspecified atom stereocenters. The van der Waals surface area contributed by atoms with E-state index in [-0.39, 0.29) is 35.1 Å². The minimum Gasteiger partial charge on any atom is -0.490 e. The van der Waals surface area contributed by atoms with Crippen molar-refractivity contribution in [3.05, 3.63) is 65.2 Å². The zero-order valence-electron chi connectivity index (χ0n) is 20.5. The number of benzene rings is 2. The van der Waals surface area contributed by atoms with E-state index in [9.17, 15) is 19.2 Å². The predicted molar refractivity (Wildman–Crippen MR) is 129 cm³/mol. The number of nitrogens with two attached hydrogens (primary N) is 1. The third-order valence-corrected chi connectivity index (χ3v) is 4.58. The quantitative estimate of drug-likeness (QED) is 0.329. The monoisotopic (exact) mass is 484 g/mol. The number of ether oxygens (including phenoxy) is 3. The molecule has 3 amide bonds. The van der Waals surface area contributed by atoms with Gasteiger partial charge < -0.3 is 19.9 Å². The lowest BCUT2D eigenvalue weighted by atomic mass is 10.1. The first-order valence-electron chi connectivity index (χ1n) is 11.3. The van der Waals surface area contributed by atoms with Crippen LogP contribution in [0.1, 0.15) is 60.4 Å². The molecule has 9 heteroatoms. The lowest BCUT2D eigenvalue weighted by molar-refractivity contribution is -0.154. The zero-order chi connectivity index (χ0) is 26.0. The number of carbonyl (C=O) groups is 4. The van der Waals surface area contributed by atoms with E-state index in [2.05, 4.69) is 0 Å². The van der Waals surface area contributed by atoms with Gasteiger partial charge in [-0.3, -0.25) is 24.1 Å². The molecule has 0 atom stereocenters. The number of imide groups is 1. The summed E-state index contributed by atoms with van der Waals surface area (Å²) in [5.41, 5.74) is 6.19. The van der Waals surface area contributed by atoms with Gasteiger partial charge in [0.2, 0.25) is 5.91 Å². The van der Waals surface area contributed by atoms with Crippen LogP contribution in [0.15, 0.2) is 48.5 Å². The highest BCUT2D eigenvalue weighted by atomic mass is 16.6. The van der Waals surface area contributed by atoms with Gasteiger partial charge >= 0.3 is 5.97 Å². The maximum absolute atomic E-state index is 12.4. The van der Waals surface area contributed by atoms with Gasteiger partial charge in [0.05, 0.1) is 24.3 Å². The van der Waals surface area contributed by atoms with Crippen molar-refractivity contribution in [1.29, 1.82) is 0 Å². The molecule has 0 bridgehead atoms. The van der Waals surface area contributed by atoms with Crippen molar-refractivity contribution in [3.63, 3.8) is 0 Å². The van der Waals surface area contributed by atoms with Crippen LogP contribution in [0.4, 0.5) is 0 Å². The van der Waals surface area contributed by atoms with Crippen LogP contribution < -0.4 is 10.5 Å². The summed E-state index contributed by atoms with van der Waals surface area (Å²) in [6, 6.07) is 14.5. The van der Waals surface area contributed by atoms with Crippen molar-refractivity contribution in [2.75, 3.05) is 19.8 Å². The first-order valence-corrected chi connectivity index (χ1v) is 11.3. The Morgan fingerprint density at radius 3 is 2.20 bits per heavy atom. The molecule has 0 spiro atoms. The van der Waals surface area contributed by atoms with Crippen LogP contribution in [0.25, 0.3) is 0 Å². The number of rotatable bonds is 9. The number of carbonyl (C=O) groups excluding carboxylic acids is 4. The van der Waals surface area contributed by atoms with Gasteiger partial charge in [-0.15, -0.1) is 0 Å². The van der Waals surface area contributed by atoms with E-state index < -0.39 is 24.3 Å². The summed E-state index contributed by atoms with van der Waals surface area (Å²) in [5.74, 6) is -1.73. The van der Waals surface area contributed by atoms with Gasteiger partial charge in [0.1, 0.15) is 24.5 Å². The molecule has 1 aliphatic rings. The van der Waals surface area contributed by atoms with Crippen LogP contribution in [0, 0.1) is 0 Å². The molecule has 1 aliphatic heterocycles. The van der Waals surface area contributed by atoms with Crippen LogP contribution >= 0.6 is 0 Å². The topological polar surface area (TPSA) is 125 Å². The van der Waals surface area contributed by atoms with E-state index in [0.717, 1.165) is 10.5 Å². The fraction of sp³-hybridized carbons (Fsp3) is 0.385. The van der Waals surface area contributed by atoms with Crippen molar-refractivity contribution in [2.24, 2.45) is 5.73 Å². The highest BCUT2D eigenvalue weighted by Gasteiger charge is 2.38. The van der Waals surface area contributed by atoms with Crippen molar-refractivity contribution < 1.29 is 33.4 Å². The molecule has 0 saturated carbocycles. The highest BCUT2D eigenvalue weighted by molar-refractivity contribution is 6.23. The Morgan fingerprint density at radius 1 is 0.943 bits per heavy atom. The molecule has 2 aromatic rings. The third-order valence-electron chi connectivity index (χ3n) is 4.58. The predicted octanol–water partition coefficient (Wildman–Crippen LogP) is 3.10. The summed E-state index contributed by atoms with van der Waals surface area (Å²) in [4.78, 5) is 47.2. The zero-order valence-corrected chi connectivity index (χ0v) is 20.5. The van der Waals surface area contributed by atoms with Gasteiger partial charge in [-0.05, 0) is 38.5 Å². The molecule has 0 radical (unpaired) electrons. The maximum atomic E-state index is 12.4. The first kappa shape index (κ1) is 27.5. The van der Waals surface area contributed by atoms with E-state index in [1.807, 2.05) is 51.1 Å². The molecule has 9 nitrogen and oxygen atoms in total. The molecule has 2 aromatic carbocycles. The standard InChI is InChI=1S/C19H18N2O5.C7H14O2/c20-16(22)11-21-18(23)14-7-4-8-15(17(14)19(21)24)26-10-9-25-12-13-5-2-1-3-6-13;1-5-6(8)9-7(2,3)4/h1-8H,9-12H2,(H2,20,22);5H2,1-4H3. The summed E-state index contributed by atoms with van der Waals surface area (Å²) in [6.45, 7) is 7.93. The number of hydrogen-bond donors (Lipinski definition) is 1. The second-order valence-corrected chi connectivity index (χ2v) is 8.67. The minimum absolute atomic E-state index is 0.137. The van der Waals surface area contributed by atoms with Crippen LogP contribution in [0.5, 0.6) is 5.75 Å². The van der Waals surface area contributed by atoms with E-state index in [0.29, 0.717) is 19.6 Å². The molecular formula is C26H32N2O7. The highest BCUT2D eigenvalue weighted by Crippen LogP contribution is 2.30. The Bertz CT molecular complexity index is 1050. The van der Waals surface area contributed by atoms with Crippen LogP contribution in [0.3, 0.4) is 0 Å². The second-order valence-electron chi connectivity index (χ2n) is 8.67. The number of primary amides is 1. The van der Waals surface area contributed by atoms with Gasteiger partial charge in [0.15, 0.2) is 0 Å². The Hall–Kier alpha value is -3.72. The molecule has 0 saturated heterocycles. The fourth-order valence-corrected chi connectivity index (χ4v) is 3.11. The van der Waals surface area contributed by atoms with Crippen LogP contribution in [0.2, 0.25) is 0 Å². The molecule has 35 heavy (non-hydrogen) atoms.